The minimum atomic E-state index is -0.621. The molecule has 0 aliphatic rings. The lowest BCUT2D eigenvalue weighted by Gasteiger charge is -2.09. The highest BCUT2D eigenvalue weighted by Gasteiger charge is 2.02. The van der Waals surface area contributed by atoms with Crippen molar-refractivity contribution in [1.29, 1.82) is 0 Å². The van der Waals surface area contributed by atoms with E-state index in [2.05, 4.69) is 15.4 Å². The zero-order valence-electron chi connectivity index (χ0n) is 12.1. The van der Waals surface area contributed by atoms with E-state index in [1.165, 1.54) is 0 Å². The molecular weight excluding hydrogens is 264 g/mol. The Morgan fingerprint density at radius 2 is 1.70 bits per heavy atom. The molecular formula is C13H22N2O5. The SMILES string of the molecule is CCOC(=O)/C=C/C(=O)OCCCNC(=O)NC(C)C. The van der Waals surface area contributed by atoms with Crippen LogP contribution in [0.3, 0.4) is 0 Å². The zero-order valence-corrected chi connectivity index (χ0v) is 12.1. The summed E-state index contributed by atoms with van der Waals surface area (Å²) in [7, 11) is 0. The van der Waals surface area contributed by atoms with Crippen LogP contribution >= 0.6 is 0 Å². The Labute approximate surface area is 118 Å². The van der Waals surface area contributed by atoms with Crippen LogP contribution in [0.25, 0.3) is 0 Å². The largest absolute Gasteiger partial charge is 0.463 e. The summed E-state index contributed by atoms with van der Waals surface area (Å²) in [6.45, 7) is 6.20. The molecule has 20 heavy (non-hydrogen) atoms. The lowest BCUT2D eigenvalue weighted by atomic mass is 10.4. The first kappa shape index (κ1) is 17.9. The number of ether oxygens (including phenoxy) is 2. The first-order valence-corrected chi connectivity index (χ1v) is 6.51. The van der Waals surface area contributed by atoms with Crippen LogP contribution in [0.2, 0.25) is 0 Å². The zero-order chi connectivity index (χ0) is 15.4. The first-order chi connectivity index (χ1) is 9.45. The van der Waals surface area contributed by atoms with Crippen molar-refractivity contribution in [3.8, 4) is 0 Å². The fraction of sp³-hybridized carbons (Fsp3) is 0.615. The second kappa shape index (κ2) is 10.8. The maximum absolute atomic E-state index is 11.2. The number of nitrogens with one attached hydrogen (secondary N) is 2. The molecule has 0 bridgehead atoms. The van der Waals surface area contributed by atoms with Gasteiger partial charge in [0.2, 0.25) is 0 Å². The number of carbonyl (C=O) groups excluding carboxylic acids is 3. The molecule has 0 heterocycles. The van der Waals surface area contributed by atoms with E-state index in [1.54, 1.807) is 6.92 Å². The molecule has 0 spiro atoms. The molecule has 0 aromatic heterocycles. The van der Waals surface area contributed by atoms with Crippen molar-refractivity contribution in [2.75, 3.05) is 19.8 Å². The molecule has 0 aromatic carbocycles. The number of urea groups is 1. The third kappa shape index (κ3) is 11.1. The van der Waals surface area contributed by atoms with Gasteiger partial charge in [0, 0.05) is 24.7 Å². The minimum Gasteiger partial charge on any atom is -0.463 e. The fourth-order valence-corrected chi connectivity index (χ4v) is 1.13. The molecule has 7 nitrogen and oxygen atoms in total. The van der Waals surface area contributed by atoms with Gasteiger partial charge in [-0.15, -0.1) is 0 Å². The molecule has 0 aromatic rings. The van der Waals surface area contributed by atoms with E-state index in [4.69, 9.17) is 4.74 Å². The molecule has 114 valence electrons. The highest BCUT2D eigenvalue weighted by molar-refractivity contribution is 5.91. The molecule has 7 heteroatoms. The average Bonchev–Trinajstić information content (AvgIpc) is 2.35. The summed E-state index contributed by atoms with van der Waals surface area (Å²) < 4.78 is 9.43. The average molecular weight is 286 g/mol. The summed E-state index contributed by atoms with van der Waals surface area (Å²) in [5.74, 6) is -1.21. The van der Waals surface area contributed by atoms with E-state index in [1.807, 2.05) is 13.8 Å². The molecule has 0 rings (SSSR count). The van der Waals surface area contributed by atoms with Crippen molar-refractivity contribution in [3.05, 3.63) is 12.2 Å². The third-order valence-electron chi connectivity index (χ3n) is 1.91. The molecule has 0 unspecified atom stereocenters. The van der Waals surface area contributed by atoms with Crippen LogP contribution in [-0.4, -0.2) is 43.8 Å². The van der Waals surface area contributed by atoms with Gasteiger partial charge in [0.05, 0.1) is 13.2 Å². The van der Waals surface area contributed by atoms with Gasteiger partial charge in [0.1, 0.15) is 0 Å². The summed E-state index contributed by atoms with van der Waals surface area (Å²) in [5, 5.41) is 5.29. The van der Waals surface area contributed by atoms with Crippen LogP contribution in [0.1, 0.15) is 27.2 Å². The number of amides is 2. The van der Waals surface area contributed by atoms with E-state index in [0.29, 0.717) is 13.0 Å². The normalized spacial score (nSPS) is 10.4. The third-order valence-corrected chi connectivity index (χ3v) is 1.91. The van der Waals surface area contributed by atoms with Crippen molar-refractivity contribution in [1.82, 2.24) is 10.6 Å². The summed E-state index contributed by atoms with van der Waals surface area (Å²) in [6, 6.07) is -0.186. The summed E-state index contributed by atoms with van der Waals surface area (Å²) in [6.07, 6.45) is 2.52. The van der Waals surface area contributed by atoms with Crippen molar-refractivity contribution in [3.63, 3.8) is 0 Å². The van der Waals surface area contributed by atoms with Crippen LogP contribution in [0.4, 0.5) is 4.79 Å². The van der Waals surface area contributed by atoms with Gasteiger partial charge in [-0.2, -0.15) is 0 Å². The Kier molecular flexibility index (Phi) is 9.72. The predicted octanol–water partition coefficient (Wildman–Crippen LogP) is 0.747. The Morgan fingerprint density at radius 1 is 1.10 bits per heavy atom. The van der Waals surface area contributed by atoms with Gasteiger partial charge in [0.15, 0.2) is 0 Å². The van der Waals surface area contributed by atoms with E-state index < -0.39 is 11.9 Å². The molecule has 2 N–H and O–H groups in total. The summed E-state index contributed by atoms with van der Waals surface area (Å²) in [4.78, 5) is 33.3. The molecule has 2 amide bonds. The fourth-order valence-electron chi connectivity index (χ4n) is 1.13. The molecule has 0 radical (unpaired) electrons. The number of hydrogen-bond donors (Lipinski definition) is 2. The summed E-state index contributed by atoms with van der Waals surface area (Å²) >= 11 is 0. The van der Waals surface area contributed by atoms with Crippen LogP contribution in [0.5, 0.6) is 0 Å². The Bertz CT molecular complexity index is 353. The Morgan fingerprint density at radius 3 is 2.25 bits per heavy atom. The maximum atomic E-state index is 11.2. The highest BCUT2D eigenvalue weighted by Crippen LogP contribution is 1.88. The van der Waals surface area contributed by atoms with E-state index in [0.717, 1.165) is 12.2 Å². The van der Waals surface area contributed by atoms with Gasteiger partial charge in [-0.05, 0) is 27.2 Å². The van der Waals surface area contributed by atoms with Crippen molar-refractivity contribution < 1.29 is 23.9 Å². The second-order valence-corrected chi connectivity index (χ2v) is 4.16. The van der Waals surface area contributed by atoms with Gasteiger partial charge < -0.3 is 20.1 Å². The molecule has 0 atom stereocenters. The second-order valence-electron chi connectivity index (χ2n) is 4.16. The van der Waals surface area contributed by atoms with Crippen molar-refractivity contribution in [2.45, 2.75) is 33.2 Å². The lowest BCUT2D eigenvalue weighted by molar-refractivity contribution is -0.140. The quantitative estimate of drug-likeness (QED) is 0.390. The van der Waals surface area contributed by atoms with Crippen LogP contribution < -0.4 is 10.6 Å². The topological polar surface area (TPSA) is 93.7 Å². The molecule has 0 saturated carbocycles. The molecule has 0 saturated heterocycles. The molecule has 0 aliphatic carbocycles. The Balaban J connectivity index is 3.62. The van der Waals surface area contributed by atoms with Gasteiger partial charge in [-0.3, -0.25) is 0 Å². The van der Waals surface area contributed by atoms with Crippen LogP contribution in [0.15, 0.2) is 12.2 Å². The predicted molar refractivity (Wildman–Crippen MR) is 73.0 cm³/mol. The standard InChI is InChI=1S/C13H22N2O5/c1-4-19-11(16)6-7-12(17)20-9-5-8-14-13(18)15-10(2)3/h6-7,10H,4-5,8-9H2,1-3H3,(H2,14,15,18)/b7-6+. The lowest BCUT2D eigenvalue weighted by Crippen LogP contribution is -2.40. The minimum absolute atomic E-state index is 0.0702. The van der Waals surface area contributed by atoms with Crippen LogP contribution in [0, 0.1) is 0 Å². The monoisotopic (exact) mass is 286 g/mol. The smallest absolute Gasteiger partial charge is 0.331 e. The number of hydrogen-bond acceptors (Lipinski definition) is 5. The number of carbonyl (C=O) groups is 3. The van der Waals surface area contributed by atoms with E-state index in [9.17, 15) is 14.4 Å². The van der Waals surface area contributed by atoms with Gasteiger partial charge in [0.25, 0.3) is 0 Å². The molecule has 0 fully saturated rings. The van der Waals surface area contributed by atoms with Crippen molar-refractivity contribution >= 4 is 18.0 Å². The highest BCUT2D eigenvalue weighted by atomic mass is 16.5. The van der Waals surface area contributed by atoms with E-state index >= 15 is 0 Å². The first-order valence-electron chi connectivity index (χ1n) is 6.51. The van der Waals surface area contributed by atoms with Crippen molar-refractivity contribution in [2.24, 2.45) is 0 Å². The van der Waals surface area contributed by atoms with Gasteiger partial charge in [-0.1, -0.05) is 0 Å². The maximum Gasteiger partial charge on any atom is 0.331 e. The van der Waals surface area contributed by atoms with Gasteiger partial charge in [-0.25, -0.2) is 14.4 Å². The number of rotatable bonds is 8. The van der Waals surface area contributed by atoms with Crippen LogP contribution in [-0.2, 0) is 19.1 Å². The summed E-state index contributed by atoms with van der Waals surface area (Å²) in [5.41, 5.74) is 0. The van der Waals surface area contributed by atoms with Gasteiger partial charge >= 0.3 is 18.0 Å². The van der Waals surface area contributed by atoms with E-state index in [-0.39, 0.29) is 25.3 Å². The number of esters is 2. The Hall–Kier alpha value is -2.05. The molecule has 0 aliphatic heterocycles.